The number of carbonyl (C=O) groups is 2. The van der Waals surface area contributed by atoms with Gasteiger partial charge in [-0.15, -0.1) is 0 Å². The van der Waals surface area contributed by atoms with Gasteiger partial charge in [0.05, 0.1) is 17.2 Å². The molecule has 6 heteroatoms. The molecule has 0 amide bonds. The van der Waals surface area contributed by atoms with Gasteiger partial charge in [-0.2, -0.15) is 10.2 Å². The van der Waals surface area contributed by atoms with Crippen molar-refractivity contribution in [2.75, 3.05) is 0 Å². The van der Waals surface area contributed by atoms with Gasteiger partial charge in [0.2, 0.25) is 5.71 Å². The Morgan fingerprint density at radius 3 is 2.05 bits per heavy atom. The summed E-state index contributed by atoms with van der Waals surface area (Å²) >= 11 is 0. The van der Waals surface area contributed by atoms with E-state index in [-0.39, 0.29) is 17.1 Å². The molecule has 0 atom stereocenters. The van der Waals surface area contributed by atoms with E-state index in [1.807, 2.05) is 77.4 Å². The van der Waals surface area contributed by atoms with Crippen molar-refractivity contribution in [3.05, 3.63) is 125 Å². The molecule has 0 unspecified atom stereocenters. The van der Waals surface area contributed by atoms with Crippen molar-refractivity contribution in [2.45, 2.75) is 0 Å². The first-order valence-electron chi connectivity index (χ1n) is 12.0. The fourth-order valence-electron chi connectivity index (χ4n) is 4.96. The molecule has 0 radical (unpaired) electrons. The first-order chi connectivity index (χ1) is 18.6. The Labute approximate surface area is 216 Å². The number of para-hydroxylation sites is 1. The maximum Gasteiger partial charge on any atom is 0.246 e. The normalized spacial score (nSPS) is 12.8. The molecule has 0 aliphatic heterocycles. The molecule has 7 rings (SSSR count). The number of hydrogen-bond acceptors (Lipinski definition) is 5. The number of Topliss-reactive ketones (excluding diaryl/α,β-unsaturated/α-hetero) is 2. The Morgan fingerprint density at radius 2 is 1.42 bits per heavy atom. The highest BCUT2D eigenvalue weighted by Gasteiger charge is 2.34. The van der Waals surface area contributed by atoms with E-state index in [1.165, 1.54) is 0 Å². The lowest BCUT2D eigenvalue weighted by atomic mass is 10.0. The van der Waals surface area contributed by atoms with Crippen LogP contribution in [0.25, 0.3) is 45.1 Å². The topological polar surface area (TPSA) is 88.9 Å². The van der Waals surface area contributed by atoms with Crippen LogP contribution in [0.4, 0.5) is 0 Å². The smallest absolute Gasteiger partial charge is 0.246 e. The highest BCUT2D eigenvalue weighted by atomic mass is 16.3. The summed E-state index contributed by atoms with van der Waals surface area (Å²) in [5, 5.41) is 10.9. The standard InChI is InChI=1S/C32H17N3O3/c33-18-19-10-12-20(13-11-19)28-17-27-32(38-28)34-29(35(27)23-8-2-1-3-9-23)16-26-30(36)24-14-21-6-4-5-7-22(21)15-25(24)31(26)37/h1-17H. The van der Waals surface area contributed by atoms with Crippen LogP contribution in [-0.2, 0) is 0 Å². The van der Waals surface area contributed by atoms with Crippen LogP contribution in [0, 0.1) is 11.3 Å². The molecule has 2 heterocycles. The third-order valence-electron chi connectivity index (χ3n) is 6.83. The quantitative estimate of drug-likeness (QED) is 0.201. The fourth-order valence-corrected chi connectivity index (χ4v) is 4.96. The fraction of sp³-hybridized carbons (Fsp3) is 0. The maximum absolute atomic E-state index is 13.4. The number of imidazole rings is 1. The van der Waals surface area contributed by atoms with Crippen LogP contribution >= 0.6 is 0 Å². The Morgan fingerprint density at radius 1 is 0.789 bits per heavy atom. The zero-order chi connectivity index (χ0) is 25.8. The number of hydrogen-bond donors (Lipinski definition) is 0. The van der Waals surface area contributed by atoms with Gasteiger partial charge in [0.15, 0.2) is 11.6 Å². The molecule has 1 aliphatic rings. The van der Waals surface area contributed by atoms with E-state index in [4.69, 9.17) is 9.68 Å². The molecule has 6 nitrogen and oxygen atoms in total. The summed E-state index contributed by atoms with van der Waals surface area (Å²) in [6.45, 7) is 0. The summed E-state index contributed by atoms with van der Waals surface area (Å²) in [5.74, 6) is 0.398. The first-order valence-corrected chi connectivity index (χ1v) is 12.0. The van der Waals surface area contributed by atoms with Crippen molar-refractivity contribution in [3.8, 4) is 23.1 Å². The van der Waals surface area contributed by atoms with Gasteiger partial charge in [-0.3, -0.25) is 14.2 Å². The molecule has 38 heavy (non-hydrogen) atoms. The van der Waals surface area contributed by atoms with Gasteiger partial charge in [-0.25, -0.2) is 0 Å². The zero-order valence-corrected chi connectivity index (χ0v) is 19.9. The Kier molecular flexibility index (Phi) is 4.72. The van der Waals surface area contributed by atoms with E-state index in [2.05, 4.69) is 11.1 Å². The average molecular weight is 492 g/mol. The van der Waals surface area contributed by atoms with Crippen molar-refractivity contribution in [1.29, 1.82) is 5.26 Å². The van der Waals surface area contributed by atoms with E-state index in [0.717, 1.165) is 22.0 Å². The second-order valence-electron chi connectivity index (χ2n) is 9.09. The van der Waals surface area contributed by atoms with E-state index in [0.29, 0.717) is 39.5 Å². The number of rotatable bonds is 3. The summed E-state index contributed by atoms with van der Waals surface area (Å²) < 4.78 is 7.96. The summed E-state index contributed by atoms with van der Waals surface area (Å²) in [5.41, 5.74) is 4.15. The monoisotopic (exact) mass is 491 g/mol. The van der Waals surface area contributed by atoms with Crippen LogP contribution in [0.3, 0.4) is 0 Å². The lowest BCUT2D eigenvalue weighted by Crippen LogP contribution is -2.03. The third-order valence-corrected chi connectivity index (χ3v) is 6.83. The summed E-state index contributed by atoms with van der Waals surface area (Å²) in [6, 6.07) is 31.9. The largest absolute Gasteiger partial charge is 0.436 e. The number of allylic oxidation sites excluding steroid dienone is 1. The van der Waals surface area contributed by atoms with Gasteiger partial charge in [-0.1, -0.05) is 42.5 Å². The number of furan rings is 1. The number of nitriles is 1. The Balaban J connectivity index is 1.38. The number of benzene rings is 4. The molecule has 0 fully saturated rings. The van der Waals surface area contributed by atoms with Crippen molar-refractivity contribution in [3.63, 3.8) is 0 Å². The number of carbonyl (C=O) groups excluding carboxylic acids is 2. The molecule has 0 N–H and O–H groups in total. The average Bonchev–Trinajstić information content (AvgIpc) is 3.59. The summed E-state index contributed by atoms with van der Waals surface area (Å²) in [7, 11) is 0. The summed E-state index contributed by atoms with van der Waals surface area (Å²) in [6.07, 6.45) is 1.55. The maximum atomic E-state index is 13.4. The van der Waals surface area contributed by atoms with Crippen LogP contribution in [0.5, 0.6) is 0 Å². The molecule has 6 aromatic rings. The molecule has 0 spiro atoms. The van der Waals surface area contributed by atoms with Gasteiger partial charge >= 0.3 is 0 Å². The molecule has 0 bridgehead atoms. The second-order valence-corrected chi connectivity index (χ2v) is 9.09. The first kappa shape index (κ1) is 21.7. The molecule has 2 aromatic heterocycles. The predicted octanol–water partition coefficient (Wildman–Crippen LogP) is 6.77. The highest BCUT2D eigenvalue weighted by Crippen LogP contribution is 2.34. The lowest BCUT2D eigenvalue weighted by Gasteiger charge is -2.06. The molecule has 178 valence electrons. The van der Waals surface area contributed by atoms with Crippen molar-refractivity contribution in [1.82, 2.24) is 9.55 Å². The van der Waals surface area contributed by atoms with E-state index in [1.54, 1.807) is 30.3 Å². The molecule has 1 aliphatic carbocycles. The minimum atomic E-state index is -0.312. The van der Waals surface area contributed by atoms with Crippen LogP contribution in [-0.4, -0.2) is 21.1 Å². The lowest BCUT2D eigenvalue weighted by molar-refractivity contribution is 0.0990. The summed E-state index contributed by atoms with van der Waals surface area (Å²) in [4.78, 5) is 31.4. The van der Waals surface area contributed by atoms with Gasteiger partial charge in [-0.05, 0) is 65.4 Å². The van der Waals surface area contributed by atoms with E-state index in [9.17, 15) is 9.59 Å². The van der Waals surface area contributed by atoms with Crippen LogP contribution < -0.4 is 0 Å². The number of ketones is 2. The SMILES string of the molecule is N#Cc1ccc(-c2cc3c(nc(C=C4C(=O)c5cc6ccccc6cc5C4=O)n3-c3ccccc3)o2)cc1. The van der Waals surface area contributed by atoms with Crippen LogP contribution in [0.2, 0.25) is 0 Å². The van der Waals surface area contributed by atoms with Gasteiger partial charge < -0.3 is 4.42 Å². The van der Waals surface area contributed by atoms with Gasteiger partial charge in [0.25, 0.3) is 0 Å². The molecule has 4 aromatic carbocycles. The third kappa shape index (κ3) is 3.30. The number of fused-ring (bicyclic) bond motifs is 3. The molecule has 0 saturated carbocycles. The molecular weight excluding hydrogens is 474 g/mol. The van der Waals surface area contributed by atoms with E-state index >= 15 is 0 Å². The molecule has 0 saturated heterocycles. The number of aromatic nitrogens is 2. The highest BCUT2D eigenvalue weighted by molar-refractivity contribution is 6.42. The number of nitrogens with zero attached hydrogens (tertiary/aromatic N) is 3. The van der Waals surface area contributed by atoms with Crippen molar-refractivity contribution in [2.24, 2.45) is 0 Å². The predicted molar refractivity (Wildman–Crippen MR) is 144 cm³/mol. The Hall–Kier alpha value is -5.54. The minimum Gasteiger partial charge on any atom is -0.436 e. The van der Waals surface area contributed by atoms with Crippen LogP contribution in [0.1, 0.15) is 32.1 Å². The Bertz CT molecular complexity index is 1950. The van der Waals surface area contributed by atoms with Crippen molar-refractivity contribution >= 4 is 39.6 Å². The minimum absolute atomic E-state index is 0.0763. The van der Waals surface area contributed by atoms with Crippen molar-refractivity contribution < 1.29 is 14.0 Å². The molecular formula is C32H17N3O3. The second kappa shape index (κ2) is 8.26. The zero-order valence-electron chi connectivity index (χ0n) is 19.9. The van der Waals surface area contributed by atoms with E-state index < -0.39 is 0 Å². The van der Waals surface area contributed by atoms with Gasteiger partial charge in [0, 0.05) is 28.4 Å². The van der Waals surface area contributed by atoms with Gasteiger partial charge in [0.1, 0.15) is 17.1 Å². The van der Waals surface area contributed by atoms with Crippen LogP contribution in [0.15, 0.2) is 107 Å².